The van der Waals surface area contributed by atoms with Crippen molar-refractivity contribution in [1.29, 1.82) is 0 Å². The summed E-state index contributed by atoms with van der Waals surface area (Å²) in [6, 6.07) is 6.07. The van der Waals surface area contributed by atoms with Crippen LogP contribution in [0.5, 0.6) is 0 Å². The highest BCUT2D eigenvalue weighted by Crippen LogP contribution is 2.59. The molecule has 1 aromatic carbocycles. The van der Waals surface area contributed by atoms with Crippen LogP contribution >= 0.6 is 0 Å². The molecule has 1 amide bonds. The predicted octanol–water partition coefficient (Wildman–Crippen LogP) is 3.05. The Balaban J connectivity index is 2.10. The van der Waals surface area contributed by atoms with Gasteiger partial charge in [-0.1, -0.05) is 30.0 Å². The van der Waals surface area contributed by atoms with Crippen molar-refractivity contribution < 1.29 is 18.0 Å². The number of nitrogens with one attached hydrogen (secondary N) is 1. The van der Waals surface area contributed by atoms with E-state index in [-0.39, 0.29) is 28.1 Å². The maximum Gasteiger partial charge on any atom is 0.264 e. The molecule has 0 aromatic heterocycles. The molecule has 1 saturated carbocycles. The normalized spacial score (nSPS) is 21.7. The Bertz CT molecular complexity index is 778. The average molecular weight is 366 g/mol. The van der Waals surface area contributed by atoms with Crippen LogP contribution in [0, 0.1) is 17.3 Å². The van der Waals surface area contributed by atoms with Gasteiger partial charge in [-0.05, 0) is 49.4 Å². The lowest BCUT2D eigenvalue weighted by Crippen LogP contribution is -2.25. The lowest BCUT2D eigenvalue weighted by molar-refractivity contribution is -0.118. The summed E-state index contributed by atoms with van der Waals surface area (Å²) >= 11 is 0. The molecule has 7 heteroatoms. The SMILES string of the molecule is CON(C)S(=O)(=O)c1ccc(NC(=O)C2C(C=C(C)C)C2(C)C)cc1. The van der Waals surface area contributed by atoms with Gasteiger partial charge in [0.2, 0.25) is 5.91 Å². The van der Waals surface area contributed by atoms with Crippen LogP contribution in [0.2, 0.25) is 0 Å². The summed E-state index contributed by atoms with van der Waals surface area (Å²) in [4.78, 5) is 17.4. The largest absolute Gasteiger partial charge is 0.326 e. The van der Waals surface area contributed by atoms with Gasteiger partial charge in [0.05, 0.1) is 17.9 Å². The van der Waals surface area contributed by atoms with Crippen LogP contribution < -0.4 is 5.32 Å². The Morgan fingerprint density at radius 2 is 1.80 bits per heavy atom. The highest BCUT2D eigenvalue weighted by atomic mass is 32.2. The second kappa shape index (κ2) is 6.90. The third kappa shape index (κ3) is 3.94. The molecule has 0 heterocycles. The number of sulfonamides is 1. The van der Waals surface area contributed by atoms with E-state index >= 15 is 0 Å². The van der Waals surface area contributed by atoms with E-state index < -0.39 is 10.0 Å². The summed E-state index contributed by atoms with van der Waals surface area (Å²) in [5, 5.41) is 2.88. The fraction of sp³-hybridized carbons (Fsp3) is 0.500. The average Bonchev–Trinajstić information content (AvgIpc) is 3.06. The number of hydrogen-bond donors (Lipinski definition) is 1. The minimum Gasteiger partial charge on any atom is -0.326 e. The molecule has 0 aliphatic heterocycles. The van der Waals surface area contributed by atoms with Crippen LogP contribution in [0.4, 0.5) is 5.69 Å². The number of amides is 1. The molecule has 2 rings (SSSR count). The molecule has 1 aliphatic rings. The van der Waals surface area contributed by atoms with Gasteiger partial charge >= 0.3 is 0 Å². The standard InChI is InChI=1S/C18H26N2O4S/c1-12(2)11-15-16(18(15,3)4)17(21)19-13-7-9-14(10-8-13)25(22,23)20(5)24-6/h7-11,15-16H,1-6H3,(H,19,21). The van der Waals surface area contributed by atoms with Crippen LogP contribution in [-0.4, -0.2) is 33.0 Å². The first-order valence-electron chi connectivity index (χ1n) is 8.10. The lowest BCUT2D eigenvalue weighted by atomic mass is 10.1. The van der Waals surface area contributed by atoms with Crippen molar-refractivity contribution in [2.45, 2.75) is 32.6 Å². The van der Waals surface area contributed by atoms with Crippen LogP contribution in [0.25, 0.3) is 0 Å². The number of anilines is 1. The topological polar surface area (TPSA) is 75.7 Å². The zero-order valence-electron chi connectivity index (χ0n) is 15.5. The number of rotatable bonds is 6. The minimum atomic E-state index is -3.69. The van der Waals surface area contributed by atoms with Crippen molar-refractivity contribution in [3.05, 3.63) is 35.9 Å². The van der Waals surface area contributed by atoms with Crippen molar-refractivity contribution in [3.63, 3.8) is 0 Å². The van der Waals surface area contributed by atoms with E-state index in [1.54, 1.807) is 12.1 Å². The maximum atomic E-state index is 12.5. The van der Waals surface area contributed by atoms with Crippen LogP contribution in [0.3, 0.4) is 0 Å². The number of carbonyl (C=O) groups is 1. The number of nitrogens with zero attached hydrogens (tertiary/aromatic N) is 1. The molecular weight excluding hydrogens is 340 g/mol. The van der Waals surface area contributed by atoms with Crippen LogP contribution in [-0.2, 0) is 19.7 Å². The fourth-order valence-electron chi connectivity index (χ4n) is 3.03. The summed E-state index contributed by atoms with van der Waals surface area (Å²) in [5.74, 6) is 0.107. The molecule has 1 aromatic rings. The van der Waals surface area contributed by atoms with Gasteiger partial charge in [0.15, 0.2) is 0 Å². The Hall–Kier alpha value is -1.70. The Morgan fingerprint density at radius 1 is 1.24 bits per heavy atom. The van der Waals surface area contributed by atoms with Crippen molar-refractivity contribution >= 4 is 21.6 Å². The third-order valence-electron chi connectivity index (χ3n) is 4.72. The molecule has 2 unspecified atom stereocenters. The Morgan fingerprint density at radius 3 is 2.28 bits per heavy atom. The van der Waals surface area contributed by atoms with Crippen molar-refractivity contribution in [3.8, 4) is 0 Å². The van der Waals surface area contributed by atoms with Crippen molar-refractivity contribution in [2.24, 2.45) is 17.3 Å². The Kier molecular flexibility index (Phi) is 5.41. The monoisotopic (exact) mass is 366 g/mol. The van der Waals surface area contributed by atoms with E-state index in [0.29, 0.717) is 5.69 Å². The first kappa shape index (κ1) is 19.6. The zero-order chi connectivity index (χ0) is 19.0. The number of allylic oxidation sites excluding steroid dienone is 2. The quantitative estimate of drug-likeness (QED) is 0.620. The van der Waals surface area contributed by atoms with E-state index in [1.165, 1.54) is 31.9 Å². The van der Waals surface area contributed by atoms with E-state index in [1.807, 2.05) is 13.8 Å². The minimum absolute atomic E-state index is 0.0443. The number of carbonyl (C=O) groups excluding carboxylic acids is 1. The molecule has 1 N–H and O–H groups in total. The smallest absolute Gasteiger partial charge is 0.264 e. The van der Waals surface area contributed by atoms with E-state index in [2.05, 4.69) is 25.2 Å². The molecule has 0 saturated heterocycles. The number of hydrogen-bond acceptors (Lipinski definition) is 4. The van der Waals surface area contributed by atoms with Gasteiger partial charge in [0.25, 0.3) is 10.0 Å². The molecule has 0 radical (unpaired) electrons. The first-order valence-corrected chi connectivity index (χ1v) is 9.54. The van der Waals surface area contributed by atoms with Crippen molar-refractivity contribution in [1.82, 2.24) is 4.47 Å². The highest BCUT2D eigenvalue weighted by Gasteiger charge is 2.60. The van der Waals surface area contributed by atoms with E-state index in [0.717, 1.165) is 4.47 Å². The van der Waals surface area contributed by atoms with Crippen LogP contribution in [0.15, 0.2) is 40.8 Å². The number of benzene rings is 1. The van der Waals surface area contributed by atoms with E-state index in [4.69, 9.17) is 4.84 Å². The van der Waals surface area contributed by atoms with Gasteiger partial charge in [-0.3, -0.25) is 9.63 Å². The summed E-state index contributed by atoms with van der Waals surface area (Å²) in [6.45, 7) is 8.22. The van der Waals surface area contributed by atoms with E-state index in [9.17, 15) is 13.2 Å². The molecule has 1 aliphatic carbocycles. The first-order chi connectivity index (χ1) is 11.5. The van der Waals surface area contributed by atoms with Crippen molar-refractivity contribution in [2.75, 3.05) is 19.5 Å². The predicted molar refractivity (Wildman–Crippen MR) is 97.2 cm³/mol. The number of hydroxylamine groups is 1. The molecule has 138 valence electrons. The second-order valence-electron chi connectivity index (χ2n) is 7.18. The zero-order valence-corrected chi connectivity index (χ0v) is 16.3. The highest BCUT2D eigenvalue weighted by molar-refractivity contribution is 7.89. The van der Waals surface area contributed by atoms with Crippen LogP contribution in [0.1, 0.15) is 27.7 Å². The van der Waals surface area contributed by atoms with Gasteiger partial charge in [-0.15, -0.1) is 0 Å². The Labute approximate surface area is 149 Å². The summed E-state index contributed by atoms with van der Waals surface area (Å²) in [5.41, 5.74) is 1.71. The molecular formula is C18H26N2O4S. The van der Waals surface area contributed by atoms with Gasteiger partial charge < -0.3 is 5.32 Å². The molecule has 1 fully saturated rings. The third-order valence-corrected chi connectivity index (χ3v) is 6.42. The maximum absolute atomic E-state index is 12.5. The molecule has 2 atom stereocenters. The summed E-state index contributed by atoms with van der Waals surface area (Å²) < 4.78 is 25.1. The van der Waals surface area contributed by atoms with Gasteiger partial charge in [0.1, 0.15) is 0 Å². The molecule has 0 bridgehead atoms. The van der Waals surface area contributed by atoms with Gasteiger partial charge in [-0.2, -0.15) is 0 Å². The summed E-state index contributed by atoms with van der Waals surface area (Å²) in [6.07, 6.45) is 2.14. The lowest BCUT2D eigenvalue weighted by Gasteiger charge is -2.14. The fourth-order valence-corrected chi connectivity index (χ4v) is 4.00. The molecule has 0 spiro atoms. The van der Waals surface area contributed by atoms with Gasteiger partial charge in [0, 0.05) is 12.7 Å². The molecule has 25 heavy (non-hydrogen) atoms. The summed E-state index contributed by atoms with van der Waals surface area (Å²) in [7, 11) is -1.08. The molecule has 6 nitrogen and oxygen atoms in total. The second-order valence-corrected chi connectivity index (χ2v) is 9.12. The van der Waals surface area contributed by atoms with Gasteiger partial charge in [-0.25, -0.2) is 8.42 Å².